The summed E-state index contributed by atoms with van der Waals surface area (Å²) in [6.45, 7) is 7.44. The summed E-state index contributed by atoms with van der Waals surface area (Å²) in [6.07, 6.45) is 3.19. The van der Waals surface area contributed by atoms with E-state index in [0.29, 0.717) is 22.8 Å². The van der Waals surface area contributed by atoms with Gasteiger partial charge in [-0.2, -0.15) is 4.80 Å². The lowest BCUT2D eigenvalue weighted by Crippen LogP contribution is -2.50. The van der Waals surface area contributed by atoms with Gasteiger partial charge in [-0.15, -0.1) is 10.2 Å². The van der Waals surface area contributed by atoms with Crippen molar-refractivity contribution in [3.63, 3.8) is 0 Å². The lowest BCUT2D eigenvalue weighted by molar-refractivity contribution is -0.128. The topological polar surface area (TPSA) is 115 Å². The third-order valence-corrected chi connectivity index (χ3v) is 5.69. The van der Waals surface area contributed by atoms with E-state index in [4.69, 9.17) is 4.74 Å². The molecule has 0 aliphatic carbocycles. The summed E-state index contributed by atoms with van der Waals surface area (Å²) < 4.78 is 5.29. The largest absolute Gasteiger partial charge is 0.497 e. The lowest BCUT2D eigenvalue weighted by Gasteiger charge is -2.33. The fraction of sp³-hybridized carbons (Fsp3) is 0.286. The number of ether oxygens (including phenoxy) is 1. The smallest absolute Gasteiger partial charge is 0.251 e. The van der Waals surface area contributed by atoms with Crippen LogP contribution in [-0.2, 0) is 16.1 Å². The van der Waals surface area contributed by atoms with Crippen LogP contribution in [0.25, 0.3) is 11.4 Å². The first kappa shape index (κ1) is 26.5. The third kappa shape index (κ3) is 6.39. The fourth-order valence-corrected chi connectivity index (χ4v) is 3.91. The van der Waals surface area contributed by atoms with Crippen LogP contribution in [0.5, 0.6) is 5.75 Å². The number of nitrogens with zero attached hydrogens (tertiary/aromatic N) is 6. The van der Waals surface area contributed by atoms with Gasteiger partial charge in [-0.25, -0.2) is 0 Å². The van der Waals surface area contributed by atoms with Crippen LogP contribution in [0.4, 0.5) is 5.69 Å². The molecule has 0 radical (unpaired) electrons. The SMILES string of the molecule is COc1ccc(N(C(=O)Cn2nnc(-c3ccc(C)cc3)n2)[C@@H](C(=O)NC(C)(C)C)c2ccncc2)cc1. The van der Waals surface area contributed by atoms with E-state index in [1.807, 2.05) is 52.0 Å². The van der Waals surface area contributed by atoms with Gasteiger partial charge in [0, 0.05) is 29.2 Å². The van der Waals surface area contributed by atoms with E-state index < -0.39 is 17.5 Å². The Bertz CT molecular complexity index is 1380. The highest BCUT2D eigenvalue weighted by molar-refractivity contribution is 6.01. The number of methoxy groups -OCH3 is 1. The number of pyridine rings is 1. The predicted molar refractivity (Wildman–Crippen MR) is 143 cm³/mol. The van der Waals surface area contributed by atoms with Crippen LogP contribution in [0.1, 0.15) is 37.9 Å². The summed E-state index contributed by atoms with van der Waals surface area (Å²) in [4.78, 5) is 34.3. The second-order valence-corrected chi connectivity index (χ2v) is 9.89. The Balaban J connectivity index is 1.72. The van der Waals surface area contributed by atoms with Crippen molar-refractivity contribution in [2.24, 2.45) is 0 Å². The monoisotopic (exact) mass is 513 g/mol. The van der Waals surface area contributed by atoms with E-state index in [-0.39, 0.29) is 12.5 Å². The van der Waals surface area contributed by atoms with Crippen LogP contribution >= 0.6 is 0 Å². The van der Waals surface area contributed by atoms with Gasteiger partial charge in [-0.1, -0.05) is 29.8 Å². The molecule has 0 spiro atoms. The van der Waals surface area contributed by atoms with E-state index in [9.17, 15) is 9.59 Å². The Morgan fingerprint density at radius 3 is 2.26 bits per heavy atom. The van der Waals surface area contributed by atoms with Crippen molar-refractivity contribution >= 4 is 17.5 Å². The minimum Gasteiger partial charge on any atom is -0.497 e. The number of carbonyl (C=O) groups is 2. The quantitative estimate of drug-likeness (QED) is 0.382. The summed E-state index contributed by atoms with van der Waals surface area (Å²) in [6, 6.07) is 17.1. The molecule has 0 aliphatic rings. The minimum atomic E-state index is -0.974. The fourth-order valence-electron chi connectivity index (χ4n) is 3.91. The summed E-state index contributed by atoms with van der Waals surface area (Å²) >= 11 is 0. The molecule has 38 heavy (non-hydrogen) atoms. The van der Waals surface area contributed by atoms with Crippen LogP contribution in [0.2, 0.25) is 0 Å². The molecule has 0 bridgehead atoms. The normalized spacial score (nSPS) is 12.0. The van der Waals surface area contributed by atoms with Crippen molar-refractivity contribution < 1.29 is 14.3 Å². The lowest BCUT2D eigenvalue weighted by atomic mass is 10.0. The number of carbonyl (C=O) groups excluding carboxylic acids is 2. The number of hydrogen-bond donors (Lipinski definition) is 1. The van der Waals surface area contributed by atoms with Crippen LogP contribution in [0, 0.1) is 6.92 Å². The zero-order valence-electron chi connectivity index (χ0n) is 22.1. The Hall–Kier alpha value is -4.60. The molecule has 10 heteroatoms. The minimum absolute atomic E-state index is 0.227. The number of aryl methyl sites for hydroxylation is 1. The molecule has 0 unspecified atom stereocenters. The Morgan fingerprint density at radius 2 is 1.66 bits per heavy atom. The van der Waals surface area contributed by atoms with Gasteiger partial charge in [0.1, 0.15) is 18.3 Å². The average Bonchev–Trinajstić information content (AvgIpc) is 3.35. The first-order chi connectivity index (χ1) is 18.1. The molecule has 0 fully saturated rings. The molecular weight excluding hydrogens is 482 g/mol. The summed E-state index contributed by atoms with van der Waals surface area (Å²) in [5, 5.41) is 15.6. The van der Waals surface area contributed by atoms with E-state index in [2.05, 4.69) is 25.7 Å². The van der Waals surface area contributed by atoms with E-state index in [1.54, 1.807) is 55.9 Å². The molecule has 10 nitrogen and oxygen atoms in total. The highest BCUT2D eigenvalue weighted by atomic mass is 16.5. The second kappa shape index (κ2) is 11.2. The molecule has 0 aliphatic heterocycles. The number of benzene rings is 2. The second-order valence-electron chi connectivity index (χ2n) is 9.89. The van der Waals surface area contributed by atoms with Gasteiger partial charge in [-0.05, 0) is 74.9 Å². The van der Waals surface area contributed by atoms with Gasteiger partial charge < -0.3 is 10.1 Å². The molecule has 196 valence electrons. The van der Waals surface area contributed by atoms with Crippen LogP contribution < -0.4 is 15.0 Å². The maximum Gasteiger partial charge on any atom is 0.251 e. The first-order valence-electron chi connectivity index (χ1n) is 12.2. The zero-order valence-corrected chi connectivity index (χ0v) is 22.1. The number of aromatic nitrogens is 5. The maximum atomic E-state index is 13.9. The van der Waals surface area contributed by atoms with Crippen molar-refractivity contribution in [1.82, 2.24) is 30.5 Å². The number of anilines is 1. The average molecular weight is 514 g/mol. The van der Waals surface area contributed by atoms with Crippen LogP contribution in [-0.4, -0.2) is 49.7 Å². The predicted octanol–water partition coefficient (Wildman–Crippen LogP) is 3.74. The molecule has 1 atom stereocenters. The van der Waals surface area contributed by atoms with Crippen LogP contribution in [0.15, 0.2) is 73.1 Å². The number of hydrogen-bond acceptors (Lipinski definition) is 7. The number of nitrogens with one attached hydrogen (secondary N) is 1. The van der Waals surface area contributed by atoms with Gasteiger partial charge in [-0.3, -0.25) is 19.5 Å². The standard InChI is InChI=1S/C28H31N7O3/c1-19-6-8-21(9-7-19)26-31-33-34(32-26)18-24(36)35(22-10-12-23(38-5)13-11-22)25(20-14-16-29-17-15-20)27(37)30-28(2,3)4/h6-17,25H,18H2,1-5H3,(H,30,37)/t25-/m1/s1. The highest BCUT2D eigenvalue weighted by Gasteiger charge is 2.35. The van der Waals surface area contributed by atoms with Crippen molar-refractivity contribution in [3.8, 4) is 17.1 Å². The first-order valence-corrected chi connectivity index (χ1v) is 12.2. The molecule has 4 rings (SSSR count). The number of amides is 2. The highest BCUT2D eigenvalue weighted by Crippen LogP contribution is 2.30. The van der Waals surface area contributed by atoms with Gasteiger partial charge in [0.25, 0.3) is 5.91 Å². The molecule has 2 heterocycles. The molecule has 4 aromatic rings. The summed E-state index contributed by atoms with van der Waals surface area (Å²) in [5.41, 5.74) is 2.51. The van der Waals surface area contributed by atoms with Gasteiger partial charge in [0.05, 0.1) is 7.11 Å². The van der Waals surface area contributed by atoms with Crippen molar-refractivity contribution in [1.29, 1.82) is 0 Å². The number of tetrazole rings is 1. The van der Waals surface area contributed by atoms with E-state index in [0.717, 1.165) is 11.1 Å². The third-order valence-electron chi connectivity index (χ3n) is 5.69. The van der Waals surface area contributed by atoms with Crippen molar-refractivity contribution in [2.75, 3.05) is 12.0 Å². The Kier molecular flexibility index (Phi) is 7.80. The van der Waals surface area contributed by atoms with Crippen molar-refractivity contribution in [3.05, 3.63) is 84.2 Å². The molecule has 2 amide bonds. The summed E-state index contributed by atoms with van der Waals surface area (Å²) in [5.74, 6) is 0.306. The Morgan fingerprint density at radius 1 is 1.00 bits per heavy atom. The van der Waals surface area contributed by atoms with Gasteiger partial charge in [0.2, 0.25) is 11.7 Å². The van der Waals surface area contributed by atoms with Crippen molar-refractivity contribution in [2.45, 2.75) is 45.8 Å². The molecule has 2 aromatic carbocycles. The van der Waals surface area contributed by atoms with E-state index in [1.165, 1.54) is 9.70 Å². The zero-order chi connectivity index (χ0) is 27.3. The molecule has 0 saturated carbocycles. The molecule has 0 saturated heterocycles. The maximum absolute atomic E-state index is 13.9. The Labute approximate surface area is 221 Å². The number of rotatable bonds is 8. The van der Waals surface area contributed by atoms with Crippen LogP contribution in [0.3, 0.4) is 0 Å². The molecular formula is C28H31N7O3. The summed E-state index contributed by atoms with van der Waals surface area (Å²) in [7, 11) is 1.57. The van der Waals surface area contributed by atoms with Gasteiger partial charge in [0.15, 0.2) is 0 Å². The van der Waals surface area contributed by atoms with Gasteiger partial charge >= 0.3 is 0 Å². The molecule has 1 N–H and O–H groups in total. The van der Waals surface area contributed by atoms with E-state index >= 15 is 0 Å². The molecule has 2 aromatic heterocycles.